The normalized spacial score (nSPS) is 14.3. The first-order valence-electron chi connectivity index (χ1n) is 14.2. The number of benzene rings is 1. The van der Waals surface area contributed by atoms with Crippen molar-refractivity contribution in [3.63, 3.8) is 0 Å². The second-order valence-electron chi connectivity index (χ2n) is 11.1. The Bertz CT molecular complexity index is 1060. The number of hydrogen-bond donors (Lipinski definition) is 4. The van der Waals surface area contributed by atoms with Gasteiger partial charge in [-0.05, 0) is 66.8 Å². The molecule has 0 aliphatic carbocycles. The van der Waals surface area contributed by atoms with Crippen molar-refractivity contribution in [2.45, 2.75) is 65.5 Å². The number of carbonyl (C=O) groups is 2. The molecule has 0 unspecified atom stereocenters. The lowest BCUT2D eigenvalue weighted by atomic mass is 9.80. The first-order chi connectivity index (χ1) is 19.5. The number of carboxylic acid groups (broad SMARTS) is 1. The van der Waals surface area contributed by atoms with Crippen LogP contribution in [-0.4, -0.2) is 66.8 Å². The minimum absolute atomic E-state index is 0.0411. The minimum atomic E-state index is -1.21. The van der Waals surface area contributed by atoms with E-state index in [0.717, 1.165) is 12.0 Å². The van der Waals surface area contributed by atoms with Gasteiger partial charge in [0.05, 0.1) is 25.9 Å². The van der Waals surface area contributed by atoms with Crippen LogP contribution < -0.4 is 20.1 Å². The molecular formula is C31H47N3O7. The van der Waals surface area contributed by atoms with Gasteiger partial charge in [-0.15, -0.1) is 0 Å². The SMILES string of the molecule is COCCCOc1cc(C[C@@H](C[C@H](NC(=O)O)[C@@H](O)C[C@H](C(=O)Nc2ccncc2)C(C)C)C(C)C)ccc1OC. The standard InChI is InChI=1S/C31H47N3O7/c1-20(2)23(16-22-8-9-28(40-6)29(17-22)41-15-7-14-39-5)18-26(34-31(37)38)27(35)19-25(21(3)4)30(36)33-24-10-12-32-13-11-24/h8-13,17,20-21,23,25-27,34-35H,7,14-16,18-19H2,1-6H3,(H,37,38)(H,32,33,36)/t23-,25-,26-,27-/m0/s1. The number of amides is 2. The zero-order valence-electron chi connectivity index (χ0n) is 25.1. The van der Waals surface area contributed by atoms with Gasteiger partial charge in [-0.3, -0.25) is 9.78 Å². The summed E-state index contributed by atoms with van der Waals surface area (Å²) in [6.07, 6.45) is 2.83. The van der Waals surface area contributed by atoms with Gasteiger partial charge in [0.2, 0.25) is 5.91 Å². The Morgan fingerprint density at radius 3 is 2.24 bits per heavy atom. The van der Waals surface area contributed by atoms with Crippen molar-refractivity contribution in [3.05, 3.63) is 48.3 Å². The van der Waals surface area contributed by atoms with Gasteiger partial charge in [0, 0.05) is 44.1 Å². The van der Waals surface area contributed by atoms with Crippen molar-refractivity contribution >= 4 is 17.7 Å². The lowest BCUT2D eigenvalue weighted by molar-refractivity contribution is -0.122. The number of aliphatic hydroxyl groups excluding tert-OH is 1. The van der Waals surface area contributed by atoms with Gasteiger partial charge in [0.15, 0.2) is 11.5 Å². The maximum Gasteiger partial charge on any atom is 0.404 e. The zero-order chi connectivity index (χ0) is 30.4. The van der Waals surface area contributed by atoms with Crippen molar-refractivity contribution in [1.82, 2.24) is 10.3 Å². The molecule has 2 aromatic rings. The Morgan fingerprint density at radius 2 is 1.66 bits per heavy atom. The second-order valence-corrected chi connectivity index (χ2v) is 11.1. The number of pyridine rings is 1. The molecule has 0 aliphatic rings. The van der Waals surface area contributed by atoms with E-state index in [1.54, 1.807) is 38.7 Å². The third-order valence-corrected chi connectivity index (χ3v) is 7.33. The molecule has 2 amide bonds. The molecular weight excluding hydrogens is 526 g/mol. The summed E-state index contributed by atoms with van der Waals surface area (Å²) in [4.78, 5) is 28.8. The molecule has 4 atom stereocenters. The summed E-state index contributed by atoms with van der Waals surface area (Å²) in [6.45, 7) is 9.08. The van der Waals surface area contributed by atoms with Crippen molar-refractivity contribution < 1.29 is 34.0 Å². The lowest BCUT2D eigenvalue weighted by Crippen LogP contribution is -2.46. The van der Waals surface area contributed by atoms with Crippen molar-refractivity contribution in [2.24, 2.45) is 23.7 Å². The third-order valence-electron chi connectivity index (χ3n) is 7.33. The molecule has 228 valence electrons. The van der Waals surface area contributed by atoms with Crippen LogP contribution in [0.15, 0.2) is 42.7 Å². The summed E-state index contributed by atoms with van der Waals surface area (Å²) < 4.78 is 16.5. The van der Waals surface area contributed by atoms with E-state index in [9.17, 15) is 19.8 Å². The molecule has 10 heteroatoms. The highest BCUT2D eigenvalue weighted by Crippen LogP contribution is 2.32. The Morgan fingerprint density at radius 1 is 0.951 bits per heavy atom. The fourth-order valence-electron chi connectivity index (χ4n) is 4.81. The van der Waals surface area contributed by atoms with Crippen LogP contribution in [0.1, 0.15) is 52.5 Å². The van der Waals surface area contributed by atoms with Gasteiger partial charge in [-0.2, -0.15) is 0 Å². The number of anilines is 1. The number of hydrogen-bond acceptors (Lipinski definition) is 7. The molecule has 0 radical (unpaired) electrons. The molecule has 1 aromatic carbocycles. The molecule has 4 N–H and O–H groups in total. The van der Waals surface area contributed by atoms with Crippen molar-refractivity contribution in [1.29, 1.82) is 0 Å². The van der Waals surface area contributed by atoms with E-state index in [2.05, 4.69) is 29.5 Å². The lowest BCUT2D eigenvalue weighted by Gasteiger charge is -2.32. The number of nitrogens with one attached hydrogen (secondary N) is 2. The van der Waals surface area contributed by atoms with E-state index in [-0.39, 0.29) is 30.1 Å². The Kier molecular flexibility index (Phi) is 14.4. The first-order valence-corrected chi connectivity index (χ1v) is 14.2. The van der Waals surface area contributed by atoms with Crippen LogP contribution in [0.3, 0.4) is 0 Å². The van der Waals surface area contributed by atoms with Crippen LogP contribution in [0.4, 0.5) is 10.5 Å². The van der Waals surface area contributed by atoms with E-state index in [1.165, 1.54) is 0 Å². The van der Waals surface area contributed by atoms with Gasteiger partial charge in [0.1, 0.15) is 0 Å². The number of ether oxygens (including phenoxy) is 3. The molecule has 0 aliphatic heterocycles. The maximum absolute atomic E-state index is 13.1. The number of aromatic nitrogens is 1. The summed E-state index contributed by atoms with van der Waals surface area (Å²) in [5.41, 5.74) is 1.64. The average molecular weight is 574 g/mol. The van der Waals surface area contributed by atoms with E-state index >= 15 is 0 Å². The quantitative estimate of drug-likeness (QED) is 0.183. The van der Waals surface area contributed by atoms with Crippen LogP contribution in [0.25, 0.3) is 0 Å². The van der Waals surface area contributed by atoms with Gasteiger partial charge in [-0.25, -0.2) is 4.79 Å². The smallest absolute Gasteiger partial charge is 0.404 e. The van der Waals surface area contributed by atoms with E-state index in [1.807, 2.05) is 32.0 Å². The molecule has 0 bridgehead atoms. The Labute approximate surface area is 243 Å². The number of rotatable bonds is 18. The van der Waals surface area contributed by atoms with Gasteiger partial charge in [-0.1, -0.05) is 33.8 Å². The Hall–Kier alpha value is -3.37. The number of aliphatic hydroxyl groups is 1. The highest BCUT2D eigenvalue weighted by atomic mass is 16.5. The highest BCUT2D eigenvalue weighted by molar-refractivity contribution is 5.92. The van der Waals surface area contributed by atoms with Crippen LogP contribution in [0, 0.1) is 23.7 Å². The molecule has 0 saturated heterocycles. The van der Waals surface area contributed by atoms with Gasteiger partial charge >= 0.3 is 6.09 Å². The van der Waals surface area contributed by atoms with Crippen molar-refractivity contribution in [3.8, 4) is 11.5 Å². The summed E-state index contributed by atoms with van der Waals surface area (Å²) in [7, 11) is 3.25. The molecule has 10 nitrogen and oxygen atoms in total. The molecule has 0 saturated carbocycles. The van der Waals surface area contributed by atoms with Gasteiger partial charge in [0.25, 0.3) is 0 Å². The Balaban J connectivity index is 2.18. The summed E-state index contributed by atoms with van der Waals surface area (Å²) in [5, 5.41) is 26.3. The van der Waals surface area contributed by atoms with E-state index < -0.39 is 24.2 Å². The molecule has 2 rings (SSSR count). The molecule has 41 heavy (non-hydrogen) atoms. The zero-order valence-corrected chi connectivity index (χ0v) is 25.1. The summed E-state index contributed by atoms with van der Waals surface area (Å²) >= 11 is 0. The second kappa shape index (κ2) is 17.4. The number of nitrogens with zero attached hydrogens (tertiary/aromatic N) is 1. The number of carbonyl (C=O) groups excluding carboxylic acids is 1. The minimum Gasteiger partial charge on any atom is -0.493 e. The molecule has 1 heterocycles. The van der Waals surface area contributed by atoms with Crippen molar-refractivity contribution in [2.75, 3.05) is 32.8 Å². The largest absolute Gasteiger partial charge is 0.493 e. The van der Waals surface area contributed by atoms with Crippen LogP contribution >= 0.6 is 0 Å². The average Bonchev–Trinajstić information content (AvgIpc) is 2.93. The van der Waals surface area contributed by atoms with E-state index in [0.29, 0.717) is 43.2 Å². The summed E-state index contributed by atoms with van der Waals surface area (Å²) in [5.74, 6) is 0.703. The van der Waals surface area contributed by atoms with E-state index in [4.69, 9.17) is 14.2 Å². The van der Waals surface area contributed by atoms with Crippen LogP contribution in [0.2, 0.25) is 0 Å². The molecule has 1 aromatic heterocycles. The first kappa shape index (κ1) is 33.8. The molecule has 0 fully saturated rings. The van der Waals surface area contributed by atoms with Crippen LogP contribution in [0.5, 0.6) is 11.5 Å². The predicted molar refractivity (Wildman–Crippen MR) is 158 cm³/mol. The maximum atomic E-state index is 13.1. The monoisotopic (exact) mass is 573 g/mol. The van der Waals surface area contributed by atoms with Gasteiger partial charge < -0.3 is 35.1 Å². The predicted octanol–water partition coefficient (Wildman–Crippen LogP) is 5.01. The van der Waals surface area contributed by atoms with Crippen LogP contribution in [-0.2, 0) is 16.0 Å². The molecule has 0 spiro atoms. The summed E-state index contributed by atoms with van der Waals surface area (Å²) in [6, 6.07) is 8.44. The third kappa shape index (κ3) is 11.6. The number of methoxy groups -OCH3 is 2. The topological polar surface area (TPSA) is 139 Å². The fraction of sp³-hybridized carbons (Fsp3) is 0.581. The highest BCUT2D eigenvalue weighted by Gasteiger charge is 2.32. The fourth-order valence-corrected chi connectivity index (χ4v) is 4.81.